The summed E-state index contributed by atoms with van der Waals surface area (Å²) in [6.45, 7) is 7.44. The minimum absolute atomic E-state index is 0.0465. The number of fused-ring (bicyclic) bond motifs is 1. The highest BCUT2D eigenvalue weighted by Gasteiger charge is 2.19. The molecule has 3 rings (SSSR count). The molecule has 0 atom stereocenters. The van der Waals surface area contributed by atoms with E-state index in [0.29, 0.717) is 42.4 Å². The molecule has 0 saturated heterocycles. The van der Waals surface area contributed by atoms with Gasteiger partial charge < -0.3 is 20.3 Å². The first-order chi connectivity index (χ1) is 15.8. The van der Waals surface area contributed by atoms with Crippen LogP contribution < -0.4 is 15.4 Å². The summed E-state index contributed by atoms with van der Waals surface area (Å²) in [5.41, 5.74) is 3.42. The Balaban J connectivity index is 1.65. The fraction of sp³-hybridized carbons (Fsp3) is 0.478. The molecule has 0 radical (unpaired) electrons. The van der Waals surface area contributed by atoms with Crippen LogP contribution in [0.1, 0.15) is 40.2 Å². The number of nitrogens with zero attached hydrogens (tertiary/aromatic N) is 3. The second-order valence-electron chi connectivity index (χ2n) is 8.03. The lowest BCUT2D eigenvalue weighted by molar-refractivity contribution is -0.136. The van der Waals surface area contributed by atoms with Gasteiger partial charge in [-0.15, -0.1) is 0 Å². The molecule has 1 aromatic carbocycles. The van der Waals surface area contributed by atoms with Gasteiger partial charge in [0.1, 0.15) is 12.4 Å². The molecule has 2 aromatic rings. The average molecular weight is 476 g/mol. The Labute approximate surface area is 198 Å². The van der Waals surface area contributed by atoms with E-state index in [2.05, 4.69) is 15.7 Å². The van der Waals surface area contributed by atoms with Crippen molar-refractivity contribution in [2.45, 2.75) is 40.2 Å². The minimum atomic E-state index is -0.300. The largest absolute Gasteiger partial charge is 0.491 e. The molecule has 9 nitrogen and oxygen atoms in total. The molecule has 0 aliphatic carbocycles. The first-order valence-corrected chi connectivity index (χ1v) is 11.4. The summed E-state index contributed by atoms with van der Waals surface area (Å²) in [4.78, 5) is 39.5. The van der Waals surface area contributed by atoms with E-state index in [9.17, 15) is 14.4 Å². The van der Waals surface area contributed by atoms with Gasteiger partial charge in [0.05, 0.1) is 24.3 Å². The number of aryl methyl sites for hydroxylation is 2. The van der Waals surface area contributed by atoms with Crippen LogP contribution in [-0.2, 0) is 16.1 Å². The highest BCUT2D eigenvalue weighted by atomic mass is 35.5. The Morgan fingerprint density at radius 3 is 2.70 bits per heavy atom. The Kier molecular flexibility index (Phi) is 8.32. The average Bonchev–Trinajstić information content (AvgIpc) is 3.03. The van der Waals surface area contributed by atoms with E-state index in [1.807, 2.05) is 25.5 Å². The quantitative estimate of drug-likeness (QED) is 0.706. The summed E-state index contributed by atoms with van der Waals surface area (Å²) in [5, 5.41) is 10.5. The minimum Gasteiger partial charge on any atom is -0.491 e. The molecule has 0 unspecified atom stereocenters. The smallest absolute Gasteiger partial charge is 0.255 e. The summed E-state index contributed by atoms with van der Waals surface area (Å²) in [7, 11) is 0. The summed E-state index contributed by atoms with van der Waals surface area (Å²) in [6, 6.07) is 4.83. The number of rotatable bonds is 3. The van der Waals surface area contributed by atoms with Gasteiger partial charge in [-0.05, 0) is 51.0 Å². The van der Waals surface area contributed by atoms with E-state index in [1.165, 1.54) is 4.90 Å². The van der Waals surface area contributed by atoms with Crippen molar-refractivity contribution in [3.8, 4) is 5.75 Å². The second kappa shape index (κ2) is 11.2. The molecule has 3 amide bonds. The first kappa shape index (κ1) is 24.6. The third kappa shape index (κ3) is 6.47. The van der Waals surface area contributed by atoms with Crippen molar-refractivity contribution in [2.24, 2.45) is 0 Å². The molecule has 1 aromatic heterocycles. The highest BCUT2D eigenvalue weighted by molar-refractivity contribution is 6.31. The summed E-state index contributed by atoms with van der Waals surface area (Å²) in [5.74, 6) is -0.292. The first-order valence-electron chi connectivity index (χ1n) is 11.0. The molecule has 2 N–H and O–H groups in total. The van der Waals surface area contributed by atoms with Crippen molar-refractivity contribution in [3.05, 3.63) is 45.7 Å². The number of carbonyl (C=O) groups is 3. The lowest BCUT2D eigenvalue weighted by Crippen LogP contribution is -2.43. The van der Waals surface area contributed by atoms with Crippen molar-refractivity contribution in [1.82, 2.24) is 25.3 Å². The molecular weight excluding hydrogens is 446 g/mol. The van der Waals surface area contributed by atoms with Crippen LogP contribution in [0.4, 0.5) is 0 Å². The van der Waals surface area contributed by atoms with E-state index < -0.39 is 0 Å². The molecular formula is C23H30ClN5O4. The predicted octanol–water partition coefficient (Wildman–Crippen LogP) is 2.01. The van der Waals surface area contributed by atoms with Gasteiger partial charge in [-0.1, -0.05) is 11.6 Å². The lowest BCUT2D eigenvalue weighted by atomic mass is 10.2. The number of hydrogen-bond donors (Lipinski definition) is 2. The van der Waals surface area contributed by atoms with Crippen molar-refractivity contribution >= 4 is 29.3 Å². The Hall–Kier alpha value is -3.07. The van der Waals surface area contributed by atoms with Gasteiger partial charge in [0.2, 0.25) is 11.8 Å². The summed E-state index contributed by atoms with van der Waals surface area (Å²) < 4.78 is 7.49. The number of carbonyl (C=O) groups excluding carboxylic acids is 3. The Bertz CT molecular complexity index is 1040. The molecule has 1 aliphatic rings. The fourth-order valence-corrected chi connectivity index (χ4v) is 3.78. The van der Waals surface area contributed by atoms with Gasteiger partial charge in [0.15, 0.2) is 0 Å². The number of hydrogen-bond acceptors (Lipinski definition) is 5. The van der Waals surface area contributed by atoms with Gasteiger partial charge >= 0.3 is 0 Å². The van der Waals surface area contributed by atoms with E-state index in [1.54, 1.807) is 18.2 Å². The van der Waals surface area contributed by atoms with Gasteiger partial charge in [0.25, 0.3) is 5.91 Å². The van der Waals surface area contributed by atoms with Crippen LogP contribution in [0.15, 0.2) is 18.2 Å². The zero-order valence-electron chi connectivity index (χ0n) is 19.2. The van der Waals surface area contributed by atoms with Crippen LogP contribution in [-0.4, -0.2) is 65.2 Å². The highest BCUT2D eigenvalue weighted by Crippen LogP contribution is 2.23. The molecule has 0 saturated carbocycles. The van der Waals surface area contributed by atoms with E-state index in [0.717, 1.165) is 17.0 Å². The van der Waals surface area contributed by atoms with Crippen LogP contribution >= 0.6 is 11.6 Å². The van der Waals surface area contributed by atoms with Crippen LogP contribution in [0.3, 0.4) is 0 Å². The number of aromatic nitrogens is 2. The Morgan fingerprint density at radius 1 is 1.18 bits per heavy atom. The number of benzene rings is 1. The van der Waals surface area contributed by atoms with E-state index in [-0.39, 0.29) is 43.8 Å². The fourth-order valence-electron chi connectivity index (χ4n) is 3.61. The van der Waals surface area contributed by atoms with Crippen molar-refractivity contribution in [3.63, 3.8) is 0 Å². The van der Waals surface area contributed by atoms with Crippen LogP contribution in [0.5, 0.6) is 5.75 Å². The number of halogens is 1. The number of amides is 3. The maximum atomic E-state index is 12.9. The molecule has 0 fully saturated rings. The monoisotopic (exact) mass is 475 g/mol. The zero-order chi connectivity index (χ0) is 24.0. The van der Waals surface area contributed by atoms with E-state index in [4.69, 9.17) is 16.3 Å². The maximum absolute atomic E-state index is 12.9. The topological polar surface area (TPSA) is 106 Å². The normalized spacial score (nSPS) is 15.7. The zero-order valence-corrected chi connectivity index (χ0v) is 20.0. The SMILES string of the molecule is Cc1nn(CCC(=O)N2CCCNC(=O)c3cc(Cl)ccc3OCCNC(=O)C2)c(C)c1C. The second-order valence-corrected chi connectivity index (χ2v) is 8.47. The molecule has 2 heterocycles. The number of ether oxygens (including phenoxy) is 1. The van der Waals surface area contributed by atoms with Crippen LogP contribution in [0.2, 0.25) is 5.02 Å². The predicted molar refractivity (Wildman–Crippen MR) is 125 cm³/mol. The van der Waals surface area contributed by atoms with Crippen molar-refractivity contribution < 1.29 is 19.1 Å². The summed E-state index contributed by atoms with van der Waals surface area (Å²) >= 11 is 6.04. The molecule has 0 spiro atoms. The van der Waals surface area contributed by atoms with Crippen molar-refractivity contribution in [2.75, 3.05) is 32.8 Å². The molecule has 178 valence electrons. The molecule has 1 aliphatic heterocycles. The van der Waals surface area contributed by atoms with E-state index >= 15 is 0 Å². The summed E-state index contributed by atoms with van der Waals surface area (Å²) in [6.07, 6.45) is 0.733. The lowest BCUT2D eigenvalue weighted by Gasteiger charge is -2.23. The Morgan fingerprint density at radius 2 is 1.97 bits per heavy atom. The van der Waals surface area contributed by atoms with Gasteiger partial charge in [-0.3, -0.25) is 19.1 Å². The third-order valence-electron chi connectivity index (χ3n) is 5.73. The van der Waals surface area contributed by atoms with Crippen molar-refractivity contribution in [1.29, 1.82) is 0 Å². The van der Waals surface area contributed by atoms with Crippen LogP contribution in [0.25, 0.3) is 0 Å². The van der Waals surface area contributed by atoms with Gasteiger partial charge in [-0.2, -0.15) is 5.10 Å². The standard InChI is InChI=1S/C23H30ClN5O4/c1-15-16(2)27-29(17(15)3)11-7-22(31)28-10-4-8-26-23(32)19-13-18(24)5-6-20(19)33-12-9-25-21(30)14-28/h5-6,13H,4,7-12,14H2,1-3H3,(H,25,30)(H,26,32). The molecule has 0 bridgehead atoms. The maximum Gasteiger partial charge on any atom is 0.255 e. The van der Waals surface area contributed by atoms with Gasteiger partial charge in [0, 0.05) is 36.8 Å². The number of nitrogens with one attached hydrogen (secondary N) is 2. The third-order valence-corrected chi connectivity index (χ3v) is 5.96. The molecule has 33 heavy (non-hydrogen) atoms. The van der Waals surface area contributed by atoms with Gasteiger partial charge in [-0.25, -0.2) is 0 Å². The molecule has 10 heteroatoms. The van der Waals surface area contributed by atoms with Crippen LogP contribution in [0, 0.1) is 20.8 Å².